The Hall–Kier alpha value is -1.14. The first-order valence-corrected chi connectivity index (χ1v) is 10.1. The minimum atomic E-state index is 0.708. The summed E-state index contributed by atoms with van der Waals surface area (Å²) >= 11 is 2.08. The first-order chi connectivity index (χ1) is 11.8. The van der Waals surface area contributed by atoms with E-state index in [0.717, 1.165) is 64.0 Å². The van der Waals surface area contributed by atoms with Crippen molar-refractivity contribution in [1.82, 2.24) is 10.2 Å². The van der Waals surface area contributed by atoms with Gasteiger partial charge in [-0.15, -0.1) is 0 Å². The van der Waals surface area contributed by atoms with Crippen LogP contribution in [0, 0.1) is 0 Å². The van der Waals surface area contributed by atoms with Crippen LogP contribution in [0.1, 0.15) is 32.4 Å². The summed E-state index contributed by atoms with van der Waals surface area (Å²) in [6, 6.07) is 3.96. The molecule has 2 rings (SSSR count). The number of guanidine groups is 1. The van der Waals surface area contributed by atoms with E-state index in [9.17, 15) is 0 Å². The normalized spacial score (nSPS) is 18.8. The van der Waals surface area contributed by atoms with Crippen molar-refractivity contribution >= 4 is 17.7 Å². The summed E-state index contributed by atoms with van der Waals surface area (Å²) in [6.07, 6.45) is 4.79. The molecule has 1 saturated heterocycles. The molecule has 1 fully saturated rings. The Labute approximate surface area is 150 Å². The number of thioether (sulfide) groups is 1. The second-order valence-corrected chi connectivity index (χ2v) is 7.27. The zero-order chi connectivity index (χ0) is 17.0. The maximum Gasteiger partial charge on any atom is 0.194 e. The minimum Gasteiger partial charge on any atom is -0.469 e. The standard InChI is InChI=1S/C18H31N3O2S/c1-3-17-15-21(11-14-24-17)18(19-9-6-12-22-4-2)20-10-8-16-7-5-13-23-16/h5,7,13,17H,3-4,6,8-12,14-15H2,1-2H3,(H,19,20). The van der Waals surface area contributed by atoms with Gasteiger partial charge in [0.2, 0.25) is 0 Å². The van der Waals surface area contributed by atoms with Crippen molar-refractivity contribution in [2.45, 2.75) is 38.4 Å². The van der Waals surface area contributed by atoms with Crippen LogP contribution in [0.5, 0.6) is 0 Å². The number of aliphatic imine (C=N–C) groups is 1. The largest absolute Gasteiger partial charge is 0.469 e. The highest BCUT2D eigenvalue weighted by molar-refractivity contribution is 8.00. The monoisotopic (exact) mass is 353 g/mol. The minimum absolute atomic E-state index is 0.708. The lowest BCUT2D eigenvalue weighted by molar-refractivity contribution is 0.146. The molecule has 0 aromatic carbocycles. The summed E-state index contributed by atoms with van der Waals surface area (Å²) in [5.74, 6) is 3.23. The molecule has 0 aliphatic carbocycles. The van der Waals surface area contributed by atoms with Crippen LogP contribution in [0.3, 0.4) is 0 Å². The predicted molar refractivity (Wildman–Crippen MR) is 102 cm³/mol. The van der Waals surface area contributed by atoms with Gasteiger partial charge < -0.3 is 19.4 Å². The molecule has 5 nitrogen and oxygen atoms in total. The van der Waals surface area contributed by atoms with E-state index in [-0.39, 0.29) is 0 Å². The smallest absolute Gasteiger partial charge is 0.194 e. The number of nitrogens with zero attached hydrogens (tertiary/aromatic N) is 2. The van der Waals surface area contributed by atoms with Crippen molar-refractivity contribution < 1.29 is 9.15 Å². The quantitative estimate of drug-likeness (QED) is 0.420. The van der Waals surface area contributed by atoms with E-state index in [1.807, 2.05) is 19.1 Å². The molecule has 24 heavy (non-hydrogen) atoms. The lowest BCUT2D eigenvalue weighted by Crippen LogP contribution is -2.48. The Morgan fingerprint density at radius 3 is 3.17 bits per heavy atom. The van der Waals surface area contributed by atoms with Gasteiger partial charge in [-0.2, -0.15) is 11.8 Å². The van der Waals surface area contributed by atoms with Crippen LogP contribution in [0.25, 0.3) is 0 Å². The van der Waals surface area contributed by atoms with Crippen LogP contribution >= 0.6 is 11.8 Å². The van der Waals surface area contributed by atoms with Gasteiger partial charge in [0.1, 0.15) is 5.76 Å². The number of furan rings is 1. The first kappa shape index (κ1) is 19.2. The van der Waals surface area contributed by atoms with Crippen LogP contribution in [-0.2, 0) is 11.2 Å². The van der Waals surface area contributed by atoms with Crippen molar-refractivity contribution in [3.8, 4) is 0 Å². The third-order valence-corrected chi connectivity index (χ3v) is 5.41. The van der Waals surface area contributed by atoms with Gasteiger partial charge in [-0.05, 0) is 31.9 Å². The molecule has 1 unspecified atom stereocenters. The number of hydrogen-bond acceptors (Lipinski definition) is 4. The molecule has 0 bridgehead atoms. The second-order valence-electron chi connectivity index (χ2n) is 5.86. The van der Waals surface area contributed by atoms with E-state index in [2.05, 4.69) is 28.9 Å². The zero-order valence-electron chi connectivity index (χ0n) is 15.0. The van der Waals surface area contributed by atoms with E-state index in [4.69, 9.17) is 14.1 Å². The van der Waals surface area contributed by atoms with Crippen molar-refractivity contribution in [2.75, 3.05) is 45.1 Å². The van der Waals surface area contributed by atoms with Gasteiger partial charge in [-0.25, -0.2) is 0 Å². The average Bonchev–Trinajstić information content (AvgIpc) is 3.13. The van der Waals surface area contributed by atoms with Crippen molar-refractivity contribution in [3.63, 3.8) is 0 Å². The fourth-order valence-electron chi connectivity index (χ4n) is 2.67. The summed E-state index contributed by atoms with van der Waals surface area (Å²) < 4.78 is 10.8. The van der Waals surface area contributed by atoms with Gasteiger partial charge in [-0.1, -0.05) is 6.92 Å². The van der Waals surface area contributed by atoms with E-state index in [0.29, 0.717) is 5.25 Å². The van der Waals surface area contributed by atoms with Crippen LogP contribution < -0.4 is 5.32 Å². The molecular formula is C18H31N3O2S. The summed E-state index contributed by atoms with van der Waals surface area (Å²) in [5.41, 5.74) is 0. The van der Waals surface area contributed by atoms with E-state index in [1.165, 1.54) is 12.2 Å². The molecule has 1 aliphatic heterocycles. The molecule has 2 heterocycles. The summed E-state index contributed by atoms with van der Waals surface area (Å²) in [6.45, 7) is 9.67. The molecule has 0 saturated carbocycles. The van der Waals surface area contributed by atoms with Crippen molar-refractivity contribution in [3.05, 3.63) is 24.2 Å². The Balaban J connectivity index is 1.85. The molecule has 136 valence electrons. The fraction of sp³-hybridized carbons (Fsp3) is 0.722. The Bertz CT molecular complexity index is 465. The number of ether oxygens (including phenoxy) is 1. The average molecular weight is 354 g/mol. The Morgan fingerprint density at radius 2 is 2.42 bits per heavy atom. The molecule has 1 aliphatic rings. The van der Waals surface area contributed by atoms with Gasteiger partial charge >= 0.3 is 0 Å². The number of rotatable bonds is 9. The van der Waals surface area contributed by atoms with Gasteiger partial charge in [0, 0.05) is 56.8 Å². The molecule has 6 heteroatoms. The van der Waals surface area contributed by atoms with Gasteiger partial charge in [0.15, 0.2) is 5.96 Å². The van der Waals surface area contributed by atoms with E-state index < -0.39 is 0 Å². The first-order valence-electron chi connectivity index (χ1n) is 9.08. The SMILES string of the molecule is CCOCCCN=C(NCCc1ccco1)N1CCSC(CC)C1. The fourth-order valence-corrected chi connectivity index (χ4v) is 3.85. The Kier molecular flexibility index (Phi) is 9.13. The summed E-state index contributed by atoms with van der Waals surface area (Å²) in [5, 5.41) is 4.24. The summed E-state index contributed by atoms with van der Waals surface area (Å²) in [4.78, 5) is 7.23. The molecule has 0 amide bonds. The maximum atomic E-state index is 5.41. The predicted octanol–water partition coefficient (Wildman–Crippen LogP) is 3.02. The van der Waals surface area contributed by atoms with Crippen LogP contribution in [0.2, 0.25) is 0 Å². The topological polar surface area (TPSA) is 50.0 Å². The van der Waals surface area contributed by atoms with Crippen LogP contribution in [0.4, 0.5) is 0 Å². The Morgan fingerprint density at radius 1 is 1.50 bits per heavy atom. The molecular weight excluding hydrogens is 322 g/mol. The zero-order valence-corrected chi connectivity index (χ0v) is 15.8. The number of nitrogens with one attached hydrogen (secondary N) is 1. The molecule has 0 spiro atoms. The lowest BCUT2D eigenvalue weighted by Gasteiger charge is -2.34. The molecule has 1 aromatic heterocycles. The molecule has 1 atom stereocenters. The molecule has 0 radical (unpaired) electrons. The second kappa shape index (κ2) is 11.4. The lowest BCUT2D eigenvalue weighted by atomic mass is 10.3. The highest BCUT2D eigenvalue weighted by atomic mass is 32.2. The van der Waals surface area contributed by atoms with Crippen LogP contribution in [0.15, 0.2) is 27.8 Å². The maximum absolute atomic E-state index is 5.41. The van der Waals surface area contributed by atoms with Gasteiger partial charge in [0.05, 0.1) is 6.26 Å². The highest BCUT2D eigenvalue weighted by Crippen LogP contribution is 2.21. The third kappa shape index (κ3) is 6.77. The highest BCUT2D eigenvalue weighted by Gasteiger charge is 2.21. The van der Waals surface area contributed by atoms with E-state index >= 15 is 0 Å². The molecule has 1 aromatic rings. The third-order valence-electron chi connectivity index (χ3n) is 4.04. The summed E-state index contributed by atoms with van der Waals surface area (Å²) in [7, 11) is 0. The van der Waals surface area contributed by atoms with Gasteiger partial charge in [0.25, 0.3) is 0 Å². The van der Waals surface area contributed by atoms with Crippen molar-refractivity contribution in [1.29, 1.82) is 0 Å². The molecule has 1 N–H and O–H groups in total. The van der Waals surface area contributed by atoms with Crippen LogP contribution in [-0.4, -0.2) is 61.3 Å². The van der Waals surface area contributed by atoms with Gasteiger partial charge in [-0.3, -0.25) is 4.99 Å². The van der Waals surface area contributed by atoms with E-state index in [1.54, 1.807) is 6.26 Å². The van der Waals surface area contributed by atoms with Crippen molar-refractivity contribution in [2.24, 2.45) is 4.99 Å². The number of hydrogen-bond donors (Lipinski definition) is 1.